The Labute approximate surface area is 149 Å². The van der Waals surface area contributed by atoms with Gasteiger partial charge >= 0.3 is 0 Å². The summed E-state index contributed by atoms with van der Waals surface area (Å²) < 4.78 is 16.3. The van der Waals surface area contributed by atoms with E-state index >= 15 is 0 Å². The molecule has 1 aromatic rings. The second-order valence-electron chi connectivity index (χ2n) is 7.00. The number of nitrogens with zero attached hydrogens (tertiary/aromatic N) is 1. The normalized spacial score (nSPS) is 24.2. The van der Waals surface area contributed by atoms with Gasteiger partial charge in [-0.2, -0.15) is 0 Å². The van der Waals surface area contributed by atoms with Gasteiger partial charge in [0, 0.05) is 49.6 Å². The molecule has 6 heteroatoms. The van der Waals surface area contributed by atoms with E-state index in [9.17, 15) is 4.79 Å². The van der Waals surface area contributed by atoms with E-state index in [2.05, 4.69) is 5.32 Å². The first-order chi connectivity index (χ1) is 12.0. The van der Waals surface area contributed by atoms with Gasteiger partial charge in [0.2, 0.25) is 0 Å². The van der Waals surface area contributed by atoms with Crippen molar-refractivity contribution in [1.29, 1.82) is 0 Å². The summed E-state index contributed by atoms with van der Waals surface area (Å²) in [4.78, 5) is 14.7. The lowest BCUT2D eigenvalue weighted by atomic mass is 9.97. The molecule has 2 heterocycles. The quantitative estimate of drug-likeness (QED) is 0.886. The molecule has 2 aliphatic heterocycles. The van der Waals surface area contributed by atoms with E-state index in [0.717, 1.165) is 56.0 Å². The summed E-state index contributed by atoms with van der Waals surface area (Å²) in [7, 11) is 3.29. The van der Waals surface area contributed by atoms with Crippen LogP contribution in [0.1, 0.15) is 32.6 Å². The number of amides is 1. The number of piperidine rings is 1. The van der Waals surface area contributed by atoms with E-state index in [4.69, 9.17) is 14.2 Å². The number of carbonyl (C=O) groups is 1. The van der Waals surface area contributed by atoms with Gasteiger partial charge in [-0.3, -0.25) is 4.79 Å². The van der Waals surface area contributed by atoms with Crippen molar-refractivity contribution < 1.29 is 19.0 Å². The summed E-state index contributed by atoms with van der Waals surface area (Å²) in [5.41, 5.74) is 0.368. The third kappa shape index (κ3) is 4.00. The lowest BCUT2D eigenvalue weighted by Crippen LogP contribution is -2.51. The minimum Gasteiger partial charge on any atom is -0.497 e. The highest BCUT2D eigenvalue weighted by atomic mass is 16.5. The van der Waals surface area contributed by atoms with Crippen molar-refractivity contribution in [3.8, 4) is 11.5 Å². The molecule has 1 atom stereocenters. The van der Waals surface area contributed by atoms with Gasteiger partial charge in [0.05, 0.1) is 14.2 Å². The van der Waals surface area contributed by atoms with Gasteiger partial charge < -0.3 is 24.4 Å². The molecule has 1 aromatic carbocycles. The van der Waals surface area contributed by atoms with E-state index < -0.39 is 5.60 Å². The first-order valence-electron chi connectivity index (χ1n) is 8.97. The van der Waals surface area contributed by atoms with Gasteiger partial charge in [-0.25, -0.2) is 0 Å². The van der Waals surface area contributed by atoms with E-state index in [-0.39, 0.29) is 5.91 Å². The Morgan fingerprint density at radius 1 is 1.20 bits per heavy atom. The van der Waals surface area contributed by atoms with Crippen LogP contribution in [0.25, 0.3) is 0 Å². The third-order valence-electron chi connectivity index (χ3n) is 5.18. The summed E-state index contributed by atoms with van der Waals surface area (Å²) >= 11 is 0. The maximum Gasteiger partial charge on any atom is 0.254 e. The van der Waals surface area contributed by atoms with Crippen LogP contribution < -0.4 is 14.8 Å². The Balaban J connectivity index is 1.57. The van der Waals surface area contributed by atoms with E-state index in [1.165, 1.54) is 0 Å². The van der Waals surface area contributed by atoms with Crippen molar-refractivity contribution >= 4 is 11.6 Å². The van der Waals surface area contributed by atoms with Crippen LogP contribution in [0.5, 0.6) is 11.5 Å². The Bertz CT molecular complexity index is 583. The average molecular weight is 348 g/mol. The van der Waals surface area contributed by atoms with Crippen molar-refractivity contribution in [3.05, 3.63) is 18.2 Å². The highest BCUT2D eigenvalue weighted by Crippen LogP contribution is 2.30. The SMILES string of the molecule is COc1cc(NC2CCN(C(=O)[C@@]3(C)CCCO3)CC2)cc(OC)c1. The number of ether oxygens (including phenoxy) is 3. The van der Waals surface area contributed by atoms with Crippen LogP contribution in [-0.4, -0.2) is 56.4 Å². The number of carbonyl (C=O) groups excluding carboxylic acids is 1. The Morgan fingerprint density at radius 3 is 2.36 bits per heavy atom. The number of methoxy groups -OCH3 is 2. The molecule has 1 N–H and O–H groups in total. The summed E-state index contributed by atoms with van der Waals surface area (Å²) in [6.07, 6.45) is 3.63. The molecule has 0 aromatic heterocycles. The standard InChI is InChI=1S/C19H28N2O4/c1-19(7-4-10-25-19)18(22)21-8-5-14(6-9-21)20-15-11-16(23-2)13-17(12-15)24-3/h11-14,20H,4-10H2,1-3H3/t19-/m1/s1. The largest absolute Gasteiger partial charge is 0.497 e. The predicted octanol–water partition coefficient (Wildman–Crippen LogP) is 2.68. The molecular weight excluding hydrogens is 320 g/mol. The molecule has 1 amide bonds. The van der Waals surface area contributed by atoms with E-state index in [1.54, 1.807) is 14.2 Å². The zero-order chi connectivity index (χ0) is 17.9. The summed E-state index contributed by atoms with van der Waals surface area (Å²) in [5.74, 6) is 1.67. The highest BCUT2D eigenvalue weighted by Gasteiger charge is 2.41. The Kier molecular flexibility index (Phi) is 5.37. The molecular formula is C19H28N2O4. The number of hydrogen-bond donors (Lipinski definition) is 1. The molecule has 0 unspecified atom stereocenters. The van der Waals surface area contributed by atoms with Crippen LogP contribution in [0.15, 0.2) is 18.2 Å². The lowest BCUT2D eigenvalue weighted by Gasteiger charge is -2.37. The first-order valence-corrected chi connectivity index (χ1v) is 8.97. The minimum absolute atomic E-state index is 0.145. The van der Waals surface area contributed by atoms with Crippen molar-refractivity contribution in [3.63, 3.8) is 0 Å². The van der Waals surface area contributed by atoms with Gasteiger partial charge in [0.25, 0.3) is 5.91 Å². The second-order valence-corrected chi connectivity index (χ2v) is 7.00. The Hall–Kier alpha value is -1.95. The number of anilines is 1. The molecule has 2 aliphatic rings. The summed E-state index contributed by atoms with van der Waals surface area (Å²) in [6, 6.07) is 6.12. The van der Waals surface area contributed by atoms with Gasteiger partial charge in [0.1, 0.15) is 17.1 Å². The van der Waals surface area contributed by atoms with E-state index in [1.807, 2.05) is 30.0 Å². The molecule has 25 heavy (non-hydrogen) atoms. The van der Waals surface area contributed by atoms with Crippen molar-refractivity contribution in [2.45, 2.75) is 44.2 Å². The van der Waals surface area contributed by atoms with Crippen molar-refractivity contribution in [2.24, 2.45) is 0 Å². The van der Waals surface area contributed by atoms with Gasteiger partial charge in [0.15, 0.2) is 0 Å². The number of hydrogen-bond acceptors (Lipinski definition) is 5. The Morgan fingerprint density at radius 2 is 1.84 bits per heavy atom. The van der Waals surface area contributed by atoms with Crippen LogP contribution in [0.4, 0.5) is 5.69 Å². The van der Waals surface area contributed by atoms with Gasteiger partial charge in [-0.05, 0) is 32.6 Å². The molecule has 0 spiro atoms. The number of likely N-dealkylation sites (tertiary alicyclic amines) is 1. The smallest absolute Gasteiger partial charge is 0.254 e. The maximum absolute atomic E-state index is 12.7. The fourth-order valence-corrected chi connectivity index (χ4v) is 3.64. The van der Waals surface area contributed by atoms with Crippen LogP contribution >= 0.6 is 0 Å². The molecule has 3 rings (SSSR count). The fraction of sp³-hybridized carbons (Fsp3) is 0.632. The topological polar surface area (TPSA) is 60.0 Å². The highest BCUT2D eigenvalue weighted by molar-refractivity contribution is 5.85. The van der Waals surface area contributed by atoms with Crippen molar-refractivity contribution in [2.75, 3.05) is 39.2 Å². The van der Waals surface area contributed by atoms with Crippen molar-refractivity contribution in [1.82, 2.24) is 4.90 Å². The summed E-state index contributed by atoms with van der Waals surface area (Å²) in [5, 5.41) is 3.54. The zero-order valence-corrected chi connectivity index (χ0v) is 15.3. The molecule has 2 saturated heterocycles. The lowest BCUT2D eigenvalue weighted by molar-refractivity contribution is -0.152. The minimum atomic E-state index is -0.611. The molecule has 0 bridgehead atoms. The predicted molar refractivity (Wildman–Crippen MR) is 96.4 cm³/mol. The molecule has 0 radical (unpaired) electrons. The zero-order valence-electron chi connectivity index (χ0n) is 15.3. The van der Waals surface area contributed by atoms with Gasteiger partial charge in [-0.1, -0.05) is 0 Å². The van der Waals surface area contributed by atoms with Crippen LogP contribution in [0, 0.1) is 0 Å². The van der Waals surface area contributed by atoms with Gasteiger partial charge in [-0.15, -0.1) is 0 Å². The summed E-state index contributed by atoms with van der Waals surface area (Å²) in [6.45, 7) is 4.14. The number of benzene rings is 1. The molecule has 138 valence electrons. The number of nitrogens with one attached hydrogen (secondary N) is 1. The second kappa shape index (κ2) is 7.52. The molecule has 6 nitrogen and oxygen atoms in total. The van der Waals surface area contributed by atoms with Crippen LogP contribution in [-0.2, 0) is 9.53 Å². The molecule has 0 saturated carbocycles. The monoisotopic (exact) mass is 348 g/mol. The fourth-order valence-electron chi connectivity index (χ4n) is 3.64. The average Bonchev–Trinajstić information content (AvgIpc) is 3.09. The maximum atomic E-state index is 12.7. The first kappa shape index (κ1) is 17.9. The molecule has 2 fully saturated rings. The van der Waals surface area contributed by atoms with Crippen LogP contribution in [0.3, 0.4) is 0 Å². The van der Waals surface area contributed by atoms with Crippen LogP contribution in [0.2, 0.25) is 0 Å². The number of rotatable bonds is 5. The third-order valence-corrected chi connectivity index (χ3v) is 5.18. The van der Waals surface area contributed by atoms with E-state index in [0.29, 0.717) is 12.6 Å². The molecule has 0 aliphatic carbocycles.